The van der Waals surface area contributed by atoms with Crippen LogP contribution in [0.4, 0.5) is 4.39 Å². The van der Waals surface area contributed by atoms with Gasteiger partial charge in [-0.15, -0.1) is 11.8 Å². The summed E-state index contributed by atoms with van der Waals surface area (Å²) in [6.45, 7) is 3.43. The first-order chi connectivity index (χ1) is 8.05. The smallest absolute Gasteiger partial charge is 0.114 e. The Kier molecular flexibility index (Phi) is 3.76. The molecule has 1 N–H and O–H groups in total. The van der Waals surface area contributed by atoms with Gasteiger partial charge in [-0.1, -0.05) is 12.1 Å². The highest BCUT2D eigenvalue weighted by molar-refractivity contribution is 7.98. The van der Waals surface area contributed by atoms with Crippen molar-refractivity contribution in [3.63, 3.8) is 0 Å². The van der Waals surface area contributed by atoms with Crippen LogP contribution in [-0.4, -0.2) is 24.7 Å². The molecule has 0 bridgehead atoms. The summed E-state index contributed by atoms with van der Waals surface area (Å²) in [4.78, 5) is 1.20. The highest BCUT2D eigenvalue weighted by Gasteiger charge is 2.40. The van der Waals surface area contributed by atoms with Crippen LogP contribution in [0.1, 0.15) is 25.5 Å². The molecule has 0 aliphatic carbocycles. The summed E-state index contributed by atoms with van der Waals surface area (Å²) in [6, 6.07) is 7.86. The van der Waals surface area contributed by atoms with E-state index in [2.05, 4.69) is 5.32 Å². The zero-order valence-corrected chi connectivity index (χ0v) is 11.2. The van der Waals surface area contributed by atoms with Crippen LogP contribution in [0.2, 0.25) is 0 Å². The summed E-state index contributed by atoms with van der Waals surface area (Å²) in [5.74, 6) is 0. The lowest BCUT2D eigenvalue weighted by molar-refractivity contribution is -0.0267. The third-order valence-corrected chi connectivity index (χ3v) is 3.67. The lowest BCUT2D eigenvalue weighted by Crippen LogP contribution is -2.39. The SMILES string of the molecule is CSc1ccc([C@H]2OC(C)(C)N[C@H]2CF)cc1. The van der Waals surface area contributed by atoms with Crippen LogP contribution in [0.3, 0.4) is 0 Å². The van der Waals surface area contributed by atoms with E-state index in [-0.39, 0.29) is 12.1 Å². The van der Waals surface area contributed by atoms with Crippen molar-refractivity contribution in [2.45, 2.75) is 36.6 Å². The van der Waals surface area contributed by atoms with Gasteiger partial charge in [0.1, 0.15) is 18.5 Å². The van der Waals surface area contributed by atoms with Crippen LogP contribution in [0.15, 0.2) is 29.2 Å². The molecule has 1 saturated heterocycles. The zero-order chi connectivity index (χ0) is 12.5. The number of halogens is 1. The fraction of sp³-hybridized carbons (Fsp3) is 0.538. The van der Waals surface area contributed by atoms with Crippen molar-refractivity contribution in [1.82, 2.24) is 5.32 Å². The van der Waals surface area contributed by atoms with Gasteiger partial charge in [-0.25, -0.2) is 4.39 Å². The van der Waals surface area contributed by atoms with Gasteiger partial charge in [0.15, 0.2) is 0 Å². The molecule has 1 heterocycles. The average molecular weight is 255 g/mol. The molecule has 0 spiro atoms. The summed E-state index contributed by atoms with van der Waals surface area (Å²) >= 11 is 1.70. The number of hydrogen-bond acceptors (Lipinski definition) is 3. The Balaban J connectivity index is 2.20. The first-order valence-electron chi connectivity index (χ1n) is 5.71. The van der Waals surface area contributed by atoms with Gasteiger partial charge < -0.3 is 4.74 Å². The number of rotatable bonds is 3. The molecular formula is C13H18FNOS. The number of alkyl halides is 1. The van der Waals surface area contributed by atoms with Crippen LogP contribution in [-0.2, 0) is 4.74 Å². The van der Waals surface area contributed by atoms with E-state index in [1.165, 1.54) is 4.90 Å². The van der Waals surface area contributed by atoms with Gasteiger partial charge in [-0.2, -0.15) is 0 Å². The Labute approximate surface area is 106 Å². The number of thioether (sulfide) groups is 1. The third-order valence-electron chi connectivity index (χ3n) is 2.93. The number of hydrogen-bond donors (Lipinski definition) is 1. The van der Waals surface area contributed by atoms with Crippen LogP contribution >= 0.6 is 11.8 Å². The molecule has 0 unspecified atom stereocenters. The van der Waals surface area contributed by atoms with Crippen LogP contribution in [0.5, 0.6) is 0 Å². The molecule has 0 aromatic heterocycles. The van der Waals surface area contributed by atoms with Crippen molar-refractivity contribution in [3.8, 4) is 0 Å². The lowest BCUT2D eigenvalue weighted by atomic mass is 10.0. The Morgan fingerprint density at radius 1 is 1.35 bits per heavy atom. The van der Waals surface area contributed by atoms with Crippen LogP contribution in [0.25, 0.3) is 0 Å². The number of benzene rings is 1. The molecule has 17 heavy (non-hydrogen) atoms. The predicted molar refractivity (Wildman–Crippen MR) is 69.0 cm³/mol. The largest absolute Gasteiger partial charge is 0.352 e. The Morgan fingerprint density at radius 2 is 2.00 bits per heavy atom. The molecular weight excluding hydrogens is 237 g/mol. The topological polar surface area (TPSA) is 21.3 Å². The molecule has 2 rings (SSSR count). The standard InChI is InChI=1S/C13H18FNOS/c1-13(2)15-11(8-14)12(16-13)9-4-6-10(17-3)7-5-9/h4-7,11-12,15H,8H2,1-3H3/t11-,12+/m0/s1. The molecule has 1 aliphatic heterocycles. The molecule has 4 heteroatoms. The van der Waals surface area contributed by atoms with Gasteiger partial charge in [0.05, 0.1) is 6.04 Å². The average Bonchev–Trinajstić information content (AvgIpc) is 2.65. The van der Waals surface area contributed by atoms with E-state index in [1.807, 2.05) is 44.4 Å². The quantitative estimate of drug-likeness (QED) is 0.838. The molecule has 0 saturated carbocycles. The van der Waals surface area contributed by atoms with Crippen molar-refractivity contribution in [2.24, 2.45) is 0 Å². The molecule has 1 fully saturated rings. The van der Waals surface area contributed by atoms with E-state index < -0.39 is 12.4 Å². The molecule has 1 aliphatic rings. The molecule has 2 nitrogen and oxygen atoms in total. The summed E-state index contributed by atoms with van der Waals surface area (Å²) in [7, 11) is 0. The monoisotopic (exact) mass is 255 g/mol. The van der Waals surface area contributed by atoms with E-state index in [0.29, 0.717) is 0 Å². The van der Waals surface area contributed by atoms with E-state index in [9.17, 15) is 4.39 Å². The second-order valence-electron chi connectivity index (χ2n) is 4.73. The molecule has 0 amide bonds. The first kappa shape index (κ1) is 12.9. The Hall–Kier alpha value is -0.580. The van der Waals surface area contributed by atoms with E-state index in [0.717, 1.165) is 5.56 Å². The van der Waals surface area contributed by atoms with Gasteiger partial charge in [-0.3, -0.25) is 5.32 Å². The number of ether oxygens (including phenoxy) is 1. The van der Waals surface area contributed by atoms with E-state index >= 15 is 0 Å². The minimum Gasteiger partial charge on any atom is -0.352 e. The van der Waals surface area contributed by atoms with Crippen molar-refractivity contribution in [3.05, 3.63) is 29.8 Å². The summed E-state index contributed by atoms with van der Waals surface area (Å²) < 4.78 is 18.8. The third kappa shape index (κ3) is 2.81. The van der Waals surface area contributed by atoms with Gasteiger partial charge in [0.2, 0.25) is 0 Å². The summed E-state index contributed by atoms with van der Waals surface area (Å²) in [5.41, 5.74) is 0.572. The van der Waals surface area contributed by atoms with Gasteiger partial charge in [0.25, 0.3) is 0 Å². The maximum atomic E-state index is 13.0. The zero-order valence-electron chi connectivity index (χ0n) is 10.4. The second kappa shape index (κ2) is 4.96. The fourth-order valence-electron chi connectivity index (χ4n) is 2.17. The summed E-state index contributed by atoms with van der Waals surface area (Å²) in [6.07, 6.45) is 1.83. The predicted octanol–water partition coefficient (Wildman–Crippen LogP) is 3.14. The van der Waals surface area contributed by atoms with Gasteiger partial charge in [-0.05, 0) is 37.8 Å². The maximum absolute atomic E-state index is 13.0. The van der Waals surface area contributed by atoms with Crippen molar-refractivity contribution in [1.29, 1.82) is 0 Å². The number of nitrogens with one attached hydrogen (secondary N) is 1. The highest BCUT2D eigenvalue weighted by Crippen LogP contribution is 2.34. The lowest BCUT2D eigenvalue weighted by Gasteiger charge is -2.18. The minimum absolute atomic E-state index is 0.203. The summed E-state index contributed by atoms with van der Waals surface area (Å²) in [5, 5.41) is 3.15. The van der Waals surface area contributed by atoms with Gasteiger partial charge >= 0.3 is 0 Å². The van der Waals surface area contributed by atoms with Crippen molar-refractivity contribution < 1.29 is 9.13 Å². The molecule has 0 radical (unpaired) electrons. The fourth-order valence-corrected chi connectivity index (χ4v) is 2.58. The normalized spacial score (nSPS) is 27.3. The maximum Gasteiger partial charge on any atom is 0.114 e. The van der Waals surface area contributed by atoms with Crippen molar-refractivity contribution in [2.75, 3.05) is 12.9 Å². The Bertz CT molecular complexity index is 380. The first-order valence-corrected chi connectivity index (χ1v) is 6.93. The molecule has 1 aromatic rings. The van der Waals surface area contributed by atoms with E-state index in [1.54, 1.807) is 11.8 Å². The Morgan fingerprint density at radius 3 is 2.53 bits per heavy atom. The molecule has 1 aromatic carbocycles. The van der Waals surface area contributed by atoms with Crippen LogP contribution in [0, 0.1) is 0 Å². The molecule has 2 atom stereocenters. The van der Waals surface area contributed by atoms with Crippen molar-refractivity contribution >= 4 is 11.8 Å². The molecule has 94 valence electrons. The van der Waals surface area contributed by atoms with E-state index in [4.69, 9.17) is 4.74 Å². The second-order valence-corrected chi connectivity index (χ2v) is 5.61. The minimum atomic E-state index is -0.459. The van der Waals surface area contributed by atoms with Gasteiger partial charge in [0, 0.05) is 4.90 Å². The van der Waals surface area contributed by atoms with Crippen LogP contribution < -0.4 is 5.32 Å². The highest BCUT2D eigenvalue weighted by atomic mass is 32.2.